The summed E-state index contributed by atoms with van der Waals surface area (Å²) in [6, 6.07) is 9.77. The predicted molar refractivity (Wildman–Crippen MR) is 140 cm³/mol. The maximum absolute atomic E-state index is 12.2. The van der Waals surface area contributed by atoms with Gasteiger partial charge in [-0.3, -0.25) is 0 Å². The summed E-state index contributed by atoms with van der Waals surface area (Å²) < 4.78 is 16.5. The van der Waals surface area contributed by atoms with E-state index in [-0.39, 0.29) is 13.2 Å². The molecule has 1 rings (SSSR count). The molecule has 0 saturated heterocycles. The highest BCUT2D eigenvalue weighted by Gasteiger charge is 2.17. The van der Waals surface area contributed by atoms with Crippen molar-refractivity contribution in [2.45, 2.75) is 104 Å². The van der Waals surface area contributed by atoms with Crippen LogP contribution in [0.4, 0.5) is 9.59 Å². The highest BCUT2D eigenvalue weighted by Crippen LogP contribution is 2.06. The van der Waals surface area contributed by atoms with Gasteiger partial charge in [-0.2, -0.15) is 0 Å². The van der Waals surface area contributed by atoms with Gasteiger partial charge < -0.3 is 24.8 Å². The summed E-state index contributed by atoms with van der Waals surface area (Å²) in [6.45, 7) is 6.03. The van der Waals surface area contributed by atoms with Crippen molar-refractivity contribution in [2.75, 3.05) is 26.3 Å². The zero-order chi connectivity index (χ0) is 25.4. The molecule has 1 aromatic rings. The van der Waals surface area contributed by atoms with E-state index in [1.807, 2.05) is 30.3 Å². The van der Waals surface area contributed by atoms with Crippen LogP contribution < -0.4 is 10.6 Å². The highest BCUT2D eigenvalue weighted by atomic mass is 16.6. The van der Waals surface area contributed by atoms with E-state index < -0.39 is 18.3 Å². The summed E-state index contributed by atoms with van der Waals surface area (Å²) in [5.74, 6) is 0. The molecule has 0 heterocycles. The van der Waals surface area contributed by atoms with Gasteiger partial charge in [0.05, 0.1) is 13.2 Å². The molecule has 0 aliphatic carbocycles. The number of hydrogen-bond donors (Lipinski definition) is 2. The lowest BCUT2D eigenvalue weighted by Crippen LogP contribution is -2.36. The molecule has 0 saturated carbocycles. The van der Waals surface area contributed by atoms with Crippen molar-refractivity contribution in [3.05, 3.63) is 35.9 Å². The quantitative estimate of drug-likeness (QED) is 0.186. The van der Waals surface area contributed by atoms with Crippen LogP contribution in [-0.4, -0.2) is 44.6 Å². The number of rotatable bonds is 21. The smallest absolute Gasteiger partial charge is 0.407 e. The number of ether oxygens (including phenoxy) is 3. The van der Waals surface area contributed by atoms with E-state index in [4.69, 9.17) is 14.2 Å². The molecule has 200 valence electrons. The number of nitrogens with one attached hydrogen (secondary N) is 2. The number of benzene rings is 1. The Kier molecular flexibility index (Phi) is 19.5. The second kappa shape index (κ2) is 22.2. The molecule has 0 fully saturated rings. The largest absolute Gasteiger partial charge is 0.446 e. The fourth-order valence-corrected chi connectivity index (χ4v) is 3.60. The third-order valence-electron chi connectivity index (χ3n) is 5.69. The molecule has 35 heavy (non-hydrogen) atoms. The second-order valence-electron chi connectivity index (χ2n) is 9.02. The van der Waals surface area contributed by atoms with Gasteiger partial charge in [0, 0.05) is 13.1 Å². The van der Waals surface area contributed by atoms with Gasteiger partial charge in [0.1, 0.15) is 6.61 Å². The standard InChI is InChI=1S/C28H48N2O5/c1-3-5-7-9-11-16-20-29-27(31)34-24-26(23-33-22-25-18-14-13-15-19-25)35-28(32)30-21-17-12-10-8-6-4-2/h13-15,18-19,26H,3-12,16-17,20-24H2,1-2H3,(H,29,31)(H,30,32)/t26-/m0/s1. The van der Waals surface area contributed by atoms with Gasteiger partial charge in [-0.25, -0.2) is 9.59 Å². The van der Waals surface area contributed by atoms with Crippen LogP contribution in [0, 0.1) is 0 Å². The highest BCUT2D eigenvalue weighted by molar-refractivity contribution is 5.68. The van der Waals surface area contributed by atoms with Gasteiger partial charge in [0.25, 0.3) is 0 Å². The molecule has 0 bridgehead atoms. The Morgan fingerprint density at radius 2 is 1.26 bits per heavy atom. The first-order chi connectivity index (χ1) is 17.2. The molecule has 1 aromatic carbocycles. The Labute approximate surface area is 212 Å². The molecular weight excluding hydrogens is 444 g/mol. The summed E-state index contributed by atoms with van der Waals surface area (Å²) in [5, 5.41) is 5.56. The molecule has 7 heteroatoms. The zero-order valence-electron chi connectivity index (χ0n) is 22.0. The van der Waals surface area contributed by atoms with Gasteiger partial charge in [-0.1, -0.05) is 108 Å². The van der Waals surface area contributed by atoms with Crippen LogP contribution in [0.1, 0.15) is 96.5 Å². The van der Waals surface area contributed by atoms with Crippen molar-refractivity contribution in [2.24, 2.45) is 0 Å². The van der Waals surface area contributed by atoms with Crippen molar-refractivity contribution in [3.8, 4) is 0 Å². The Hall–Kier alpha value is -2.28. The average Bonchev–Trinajstić information content (AvgIpc) is 2.86. The maximum Gasteiger partial charge on any atom is 0.407 e. The van der Waals surface area contributed by atoms with Crippen LogP contribution in [-0.2, 0) is 20.8 Å². The minimum atomic E-state index is -0.678. The fourth-order valence-electron chi connectivity index (χ4n) is 3.60. The lowest BCUT2D eigenvalue weighted by Gasteiger charge is -2.19. The Bertz CT molecular complexity index is 641. The molecular formula is C28H48N2O5. The predicted octanol–water partition coefficient (Wildman–Crippen LogP) is 6.75. The van der Waals surface area contributed by atoms with E-state index in [0.717, 1.165) is 31.2 Å². The minimum Gasteiger partial charge on any atom is -0.446 e. The number of unbranched alkanes of at least 4 members (excludes halogenated alkanes) is 10. The molecule has 0 radical (unpaired) electrons. The first kappa shape index (κ1) is 30.8. The molecule has 7 nitrogen and oxygen atoms in total. The number of hydrogen-bond acceptors (Lipinski definition) is 5. The molecule has 0 aliphatic rings. The van der Waals surface area contributed by atoms with Crippen LogP contribution in [0.5, 0.6) is 0 Å². The summed E-state index contributed by atoms with van der Waals surface area (Å²) in [7, 11) is 0. The summed E-state index contributed by atoms with van der Waals surface area (Å²) in [6.07, 6.45) is 12.2. The molecule has 0 unspecified atom stereocenters. The number of alkyl carbamates (subject to hydrolysis) is 2. The van der Waals surface area contributed by atoms with Crippen LogP contribution >= 0.6 is 0 Å². The normalized spacial score (nSPS) is 11.6. The van der Waals surface area contributed by atoms with Crippen LogP contribution in [0.15, 0.2) is 30.3 Å². The van der Waals surface area contributed by atoms with Crippen molar-refractivity contribution in [1.29, 1.82) is 0 Å². The number of amides is 2. The fraction of sp³-hybridized carbons (Fsp3) is 0.714. The topological polar surface area (TPSA) is 85.9 Å². The van der Waals surface area contributed by atoms with Crippen LogP contribution in [0.2, 0.25) is 0 Å². The van der Waals surface area contributed by atoms with Gasteiger partial charge in [-0.05, 0) is 18.4 Å². The summed E-state index contributed by atoms with van der Waals surface area (Å²) in [5.41, 5.74) is 1.02. The SMILES string of the molecule is CCCCCCCCNC(=O)OC[C@H](COCc1ccccc1)OC(=O)NCCCCCCCC. The van der Waals surface area contributed by atoms with Crippen molar-refractivity contribution in [3.63, 3.8) is 0 Å². The summed E-state index contributed by atoms with van der Waals surface area (Å²) in [4.78, 5) is 24.3. The molecule has 0 aliphatic heterocycles. The van der Waals surface area contributed by atoms with Gasteiger partial charge >= 0.3 is 12.2 Å². The molecule has 0 spiro atoms. The first-order valence-corrected chi connectivity index (χ1v) is 13.6. The maximum atomic E-state index is 12.2. The lowest BCUT2D eigenvalue weighted by atomic mass is 10.1. The average molecular weight is 493 g/mol. The number of carbonyl (C=O) groups excluding carboxylic acids is 2. The van der Waals surface area contributed by atoms with Gasteiger partial charge in [0.2, 0.25) is 0 Å². The Balaban J connectivity index is 2.32. The monoisotopic (exact) mass is 492 g/mol. The molecule has 1 atom stereocenters. The minimum absolute atomic E-state index is 0.0540. The second-order valence-corrected chi connectivity index (χ2v) is 9.02. The van der Waals surface area contributed by atoms with Crippen molar-refractivity contribution < 1.29 is 23.8 Å². The van der Waals surface area contributed by atoms with Gasteiger partial charge in [0.15, 0.2) is 6.10 Å². The van der Waals surface area contributed by atoms with E-state index >= 15 is 0 Å². The first-order valence-electron chi connectivity index (χ1n) is 13.6. The van der Waals surface area contributed by atoms with E-state index in [1.54, 1.807) is 0 Å². The molecule has 2 N–H and O–H groups in total. The van der Waals surface area contributed by atoms with E-state index in [1.165, 1.54) is 51.4 Å². The van der Waals surface area contributed by atoms with Crippen molar-refractivity contribution in [1.82, 2.24) is 10.6 Å². The van der Waals surface area contributed by atoms with E-state index in [0.29, 0.717) is 19.7 Å². The Morgan fingerprint density at radius 3 is 1.86 bits per heavy atom. The van der Waals surface area contributed by atoms with E-state index in [2.05, 4.69) is 24.5 Å². The van der Waals surface area contributed by atoms with E-state index in [9.17, 15) is 9.59 Å². The summed E-state index contributed by atoms with van der Waals surface area (Å²) >= 11 is 0. The molecule has 2 amide bonds. The van der Waals surface area contributed by atoms with Gasteiger partial charge in [-0.15, -0.1) is 0 Å². The number of carbonyl (C=O) groups is 2. The third kappa shape index (κ3) is 18.7. The zero-order valence-corrected chi connectivity index (χ0v) is 22.0. The van der Waals surface area contributed by atoms with Crippen LogP contribution in [0.3, 0.4) is 0 Å². The Morgan fingerprint density at radius 1 is 0.714 bits per heavy atom. The third-order valence-corrected chi connectivity index (χ3v) is 5.69. The lowest BCUT2D eigenvalue weighted by molar-refractivity contribution is -0.0164. The van der Waals surface area contributed by atoms with Crippen molar-refractivity contribution >= 4 is 12.2 Å². The van der Waals surface area contributed by atoms with Crippen LogP contribution in [0.25, 0.3) is 0 Å². The molecule has 0 aromatic heterocycles.